The first-order chi connectivity index (χ1) is 6.88. The maximum absolute atomic E-state index is 8.85. The maximum atomic E-state index is 8.85. The van der Waals surface area contributed by atoms with Gasteiger partial charge in [0.25, 0.3) is 0 Å². The summed E-state index contributed by atoms with van der Waals surface area (Å²) in [4.78, 5) is 8.22. The highest BCUT2D eigenvalue weighted by molar-refractivity contribution is 7.09. The highest BCUT2D eigenvalue weighted by Gasteiger charge is 2.01. The molecule has 3 nitrogen and oxygen atoms in total. The molecule has 2 aromatic rings. The molecule has 0 spiro atoms. The topological polar surface area (TPSA) is 46.0 Å². The van der Waals surface area contributed by atoms with Crippen LogP contribution in [-0.4, -0.2) is 15.1 Å². The second-order valence-corrected chi connectivity index (χ2v) is 3.87. The summed E-state index contributed by atoms with van der Waals surface area (Å²) in [6.07, 6.45) is 4.36. The van der Waals surface area contributed by atoms with E-state index in [0.717, 1.165) is 17.1 Å². The summed E-state index contributed by atoms with van der Waals surface area (Å²) in [5.74, 6) is 0. The lowest BCUT2D eigenvalue weighted by molar-refractivity contribution is 0.277. The molecule has 0 radical (unpaired) electrons. The van der Waals surface area contributed by atoms with Gasteiger partial charge in [-0.2, -0.15) is 0 Å². The SMILES string of the molecule is OCc1csc(Cc2ccncc2)n1. The highest BCUT2D eigenvalue weighted by Crippen LogP contribution is 2.14. The fourth-order valence-corrected chi connectivity index (χ4v) is 2.00. The summed E-state index contributed by atoms with van der Waals surface area (Å²) in [5, 5.41) is 11.8. The molecule has 0 aliphatic rings. The van der Waals surface area contributed by atoms with Crippen LogP contribution in [0.4, 0.5) is 0 Å². The summed E-state index contributed by atoms with van der Waals surface area (Å²) in [5.41, 5.74) is 1.94. The molecule has 0 fully saturated rings. The third-order valence-electron chi connectivity index (χ3n) is 1.87. The van der Waals surface area contributed by atoms with Crippen molar-refractivity contribution in [2.45, 2.75) is 13.0 Å². The van der Waals surface area contributed by atoms with Crippen molar-refractivity contribution < 1.29 is 5.11 Å². The number of aliphatic hydroxyl groups is 1. The molecule has 0 bridgehead atoms. The van der Waals surface area contributed by atoms with E-state index in [9.17, 15) is 0 Å². The van der Waals surface area contributed by atoms with E-state index < -0.39 is 0 Å². The Bertz CT molecular complexity index is 400. The van der Waals surface area contributed by atoms with Gasteiger partial charge in [0.15, 0.2) is 0 Å². The minimum atomic E-state index is 0.0207. The van der Waals surface area contributed by atoms with Gasteiger partial charge < -0.3 is 5.11 Å². The lowest BCUT2D eigenvalue weighted by Crippen LogP contribution is -1.89. The van der Waals surface area contributed by atoms with E-state index in [1.807, 2.05) is 17.5 Å². The third kappa shape index (κ3) is 2.16. The number of aliphatic hydroxyl groups excluding tert-OH is 1. The number of aromatic nitrogens is 2. The lowest BCUT2D eigenvalue weighted by atomic mass is 10.2. The zero-order valence-electron chi connectivity index (χ0n) is 7.55. The molecule has 0 aromatic carbocycles. The van der Waals surface area contributed by atoms with Crippen molar-refractivity contribution in [3.05, 3.63) is 46.2 Å². The van der Waals surface area contributed by atoms with Gasteiger partial charge >= 0.3 is 0 Å². The van der Waals surface area contributed by atoms with E-state index >= 15 is 0 Å². The van der Waals surface area contributed by atoms with Crippen molar-refractivity contribution in [1.82, 2.24) is 9.97 Å². The summed E-state index contributed by atoms with van der Waals surface area (Å²) >= 11 is 1.58. The molecule has 72 valence electrons. The molecule has 0 amide bonds. The van der Waals surface area contributed by atoms with Crippen molar-refractivity contribution >= 4 is 11.3 Å². The number of pyridine rings is 1. The first-order valence-electron chi connectivity index (χ1n) is 4.31. The molecule has 2 rings (SSSR count). The Morgan fingerprint density at radius 2 is 2.07 bits per heavy atom. The molecule has 14 heavy (non-hydrogen) atoms. The third-order valence-corrected chi connectivity index (χ3v) is 2.76. The fraction of sp³-hybridized carbons (Fsp3) is 0.200. The van der Waals surface area contributed by atoms with Crippen LogP contribution in [-0.2, 0) is 13.0 Å². The van der Waals surface area contributed by atoms with Gasteiger partial charge in [0.05, 0.1) is 17.3 Å². The number of nitrogens with zero attached hydrogens (tertiary/aromatic N) is 2. The van der Waals surface area contributed by atoms with Crippen LogP contribution in [0.5, 0.6) is 0 Å². The van der Waals surface area contributed by atoms with Gasteiger partial charge in [-0.05, 0) is 17.7 Å². The average molecular weight is 206 g/mol. The van der Waals surface area contributed by atoms with E-state index in [-0.39, 0.29) is 6.61 Å². The second kappa shape index (κ2) is 4.30. The van der Waals surface area contributed by atoms with Crippen molar-refractivity contribution in [1.29, 1.82) is 0 Å². The molecule has 0 saturated carbocycles. The first-order valence-corrected chi connectivity index (χ1v) is 5.19. The molecule has 0 unspecified atom stereocenters. The maximum Gasteiger partial charge on any atom is 0.0973 e. The first kappa shape index (κ1) is 9.30. The molecule has 4 heteroatoms. The standard InChI is InChI=1S/C10H10N2OS/c13-6-9-7-14-10(12-9)5-8-1-3-11-4-2-8/h1-4,7,13H,5-6H2. The van der Waals surface area contributed by atoms with Crippen LogP contribution < -0.4 is 0 Å². The minimum Gasteiger partial charge on any atom is -0.390 e. The predicted molar refractivity (Wildman–Crippen MR) is 55.1 cm³/mol. The van der Waals surface area contributed by atoms with Crippen LogP contribution in [0.3, 0.4) is 0 Å². The smallest absolute Gasteiger partial charge is 0.0973 e. The molecular weight excluding hydrogens is 196 g/mol. The molecule has 2 heterocycles. The van der Waals surface area contributed by atoms with Crippen LogP contribution in [0.1, 0.15) is 16.3 Å². The Morgan fingerprint density at radius 3 is 2.71 bits per heavy atom. The van der Waals surface area contributed by atoms with Gasteiger partial charge in [-0.25, -0.2) is 4.98 Å². The van der Waals surface area contributed by atoms with E-state index in [0.29, 0.717) is 0 Å². The minimum absolute atomic E-state index is 0.0207. The van der Waals surface area contributed by atoms with Crippen LogP contribution in [0.2, 0.25) is 0 Å². The van der Waals surface area contributed by atoms with Crippen LogP contribution in [0.15, 0.2) is 29.9 Å². The molecule has 0 saturated heterocycles. The molecule has 1 N–H and O–H groups in total. The van der Waals surface area contributed by atoms with Gasteiger partial charge in [0.2, 0.25) is 0 Å². The van der Waals surface area contributed by atoms with Gasteiger partial charge in [0, 0.05) is 24.2 Å². The van der Waals surface area contributed by atoms with Gasteiger partial charge in [-0.1, -0.05) is 0 Å². The molecular formula is C10H10N2OS. The van der Waals surface area contributed by atoms with Gasteiger partial charge in [-0.3, -0.25) is 4.98 Å². The van der Waals surface area contributed by atoms with E-state index in [4.69, 9.17) is 5.11 Å². The second-order valence-electron chi connectivity index (χ2n) is 2.92. The Labute approximate surface area is 86.1 Å². The number of hydrogen-bond donors (Lipinski definition) is 1. The zero-order chi connectivity index (χ0) is 9.80. The number of hydrogen-bond acceptors (Lipinski definition) is 4. The molecule has 0 atom stereocenters. The van der Waals surface area contributed by atoms with Gasteiger partial charge in [0.1, 0.15) is 0 Å². The monoisotopic (exact) mass is 206 g/mol. The van der Waals surface area contributed by atoms with Crippen molar-refractivity contribution in [3.8, 4) is 0 Å². The van der Waals surface area contributed by atoms with Gasteiger partial charge in [-0.15, -0.1) is 11.3 Å². The summed E-state index contributed by atoms with van der Waals surface area (Å²) in [6.45, 7) is 0.0207. The highest BCUT2D eigenvalue weighted by atomic mass is 32.1. The predicted octanol–water partition coefficient (Wildman–Crippen LogP) is 1.62. The average Bonchev–Trinajstić information content (AvgIpc) is 2.67. The van der Waals surface area contributed by atoms with Crippen LogP contribution in [0, 0.1) is 0 Å². The van der Waals surface area contributed by atoms with E-state index in [2.05, 4.69) is 9.97 Å². The van der Waals surface area contributed by atoms with Crippen LogP contribution >= 0.6 is 11.3 Å². The molecule has 0 aliphatic heterocycles. The number of thiazole rings is 1. The lowest BCUT2D eigenvalue weighted by Gasteiger charge is -1.95. The Balaban J connectivity index is 2.11. The molecule has 0 aliphatic carbocycles. The Morgan fingerprint density at radius 1 is 1.29 bits per heavy atom. The number of rotatable bonds is 3. The fourth-order valence-electron chi connectivity index (χ4n) is 1.18. The Hall–Kier alpha value is -1.26. The zero-order valence-corrected chi connectivity index (χ0v) is 8.37. The normalized spacial score (nSPS) is 10.4. The largest absolute Gasteiger partial charge is 0.390 e. The van der Waals surface area contributed by atoms with Crippen molar-refractivity contribution in [3.63, 3.8) is 0 Å². The van der Waals surface area contributed by atoms with Crippen molar-refractivity contribution in [2.24, 2.45) is 0 Å². The van der Waals surface area contributed by atoms with Crippen molar-refractivity contribution in [2.75, 3.05) is 0 Å². The molecule has 2 aromatic heterocycles. The summed E-state index contributed by atoms with van der Waals surface area (Å²) in [7, 11) is 0. The quantitative estimate of drug-likeness (QED) is 0.830. The Kier molecular flexibility index (Phi) is 2.86. The van der Waals surface area contributed by atoms with E-state index in [1.165, 1.54) is 5.56 Å². The van der Waals surface area contributed by atoms with Crippen LogP contribution in [0.25, 0.3) is 0 Å². The summed E-state index contributed by atoms with van der Waals surface area (Å²) < 4.78 is 0. The summed E-state index contributed by atoms with van der Waals surface area (Å²) in [6, 6.07) is 3.94. The van der Waals surface area contributed by atoms with E-state index in [1.54, 1.807) is 23.7 Å².